The molecule has 0 aliphatic heterocycles. The van der Waals surface area contributed by atoms with Gasteiger partial charge in [-0.2, -0.15) is 4.98 Å². The van der Waals surface area contributed by atoms with Crippen molar-refractivity contribution in [3.05, 3.63) is 55.7 Å². The molecule has 0 aliphatic carbocycles. The van der Waals surface area contributed by atoms with Crippen molar-refractivity contribution >= 4 is 22.8 Å². The van der Waals surface area contributed by atoms with Gasteiger partial charge in [0.05, 0.1) is 13.2 Å². The SMILES string of the molecule is CCCCOc1nc2c(c(=O)n(CCCO)c(=O)n2CC)n1Cc1ccc(Cl)cc1. The summed E-state index contributed by atoms with van der Waals surface area (Å²) in [6.45, 7) is 5.11. The molecule has 3 aromatic rings. The van der Waals surface area contributed by atoms with E-state index in [1.807, 2.05) is 19.1 Å². The fraction of sp³-hybridized carbons (Fsp3) is 0.476. The summed E-state index contributed by atoms with van der Waals surface area (Å²) in [6, 6.07) is 7.64. The van der Waals surface area contributed by atoms with Crippen LogP contribution >= 0.6 is 11.6 Å². The van der Waals surface area contributed by atoms with Gasteiger partial charge in [-0.25, -0.2) is 4.79 Å². The van der Waals surface area contributed by atoms with E-state index in [4.69, 9.17) is 16.3 Å². The van der Waals surface area contributed by atoms with Crippen molar-refractivity contribution in [2.75, 3.05) is 13.2 Å². The van der Waals surface area contributed by atoms with Crippen LogP contribution in [0.15, 0.2) is 33.9 Å². The number of nitrogens with zero attached hydrogens (tertiary/aromatic N) is 4. The van der Waals surface area contributed by atoms with Crippen molar-refractivity contribution in [2.45, 2.75) is 52.7 Å². The topological polar surface area (TPSA) is 91.3 Å². The number of rotatable bonds is 10. The lowest BCUT2D eigenvalue weighted by Crippen LogP contribution is -2.40. The lowest BCUT2D eigenvalue weighted by atomic mass is 10.2. The Bertz CT molecular complexity index is 1120. The van der Waals surface area contributed by atoms with E-state index in [0.29, 0.717) is 48.3 Å². The number of hydrogen-bond acceptors (Lipinski definition) is 5. The number of ether oxygens (including phenoxy) is 1. The van der Waals surface area contributed by atoms with Crippen LogP contribution in [0.25, 0.3) is 11.2 Å². The fourth-order valence-electron chi connectivity index (χ4n) is 3.32. The average Bonchev–Trinajstić information content (AvgIpc) is 3.08. The molecule has 3 rings (SSSR count). The Morgan fingerprint density at radius 2 is 1.80 bits per heavy atom. The van der Waals surface area contributed by atoms with Crippen LogP contribution in [0.1, 0.15) is 38.7 Å². The molecule has 1 N–H and O–H groups in total. The molecule has 0 saturated carbocycles. The molecule has 0 aliphatic rings. The first-order chi connectivity index (χ1) is 14.5. The number of aryl methyl sites for hydroxylation is 1. The van der Waals surface area contributed by atoms with E-state index in [0.717, 1.165) is 23.0 Å². The summed E-state index contributed by atoms with van der Waals surface area (Å²) in [7, 11) is 0. The van der Waals surface area contributed by atoms with E-state index in [-0.39, 0.29) is 13.2 Å². The number of halogens is 1. The van der Waals surface area contributed by atoms with E-state index < -0.39 is 11.2 Å². The molecule has 30 heavy (non-hydrogen) atoms. The second-order valence-electron chi connectivity index (χ2n) is 7.04. The molecule has 8 nitrogen and oxygen atoms in total. The van der Waals surface area contributed by atoms with Gasteiger partial charge in [-0.3, -0.25) is 18.5 Å². The quantitative estimate of drug-likeness (QED) is 0.495. The Balaban J connectivity index is 2.22. The van der Waals surface area contributed by atoms with E-state index in [1.54, 1.807) is 16.7 Å². The van der Waals surface area contributed by atoms with Crippen molar-refractivity contribution in [3.63, 3.8) is 0 Å². The molecule has 1 aromatic carbocycles. The molecule has 0 unspecified atom stereocenters. The average molecular weight is 435 g/mol. The molecule has 0 spiro atoms. The first kappa shape index (κ1) is 22.1. The Hall–Kier alpha value is -2.58. The highest BCUT2D eigenvalue weighted by atomic mass is 35.5. The largest absolute Gasteiger partial charge is 0.465 e. The van der Waals surface area contributed by atoms with Crippen molar-refractivity contribution in [1.82, 2.24) is 18.7 Å². The minimum Gasteiger partial charge on any atom is -0.465 e. The van der Waals surface area contributed by atoms with Crippen LogP contribution in [-0.4, -0.2) is 37.0 Å². The number of imidazole rings is 1. The Labute approximate surface area is 179 Å². The molecule has 162 valence electrons. The van der Waals surface area contributed by atoms with Crippen LogP contribution in [0.2, 0.25) is 5.02 Å². The van der Waals surface area contributed by atoms with Crippen LogP contribution in [0.3, 0.4) is 0 Å². The number of aliphatic hydroxyl groups excluding tert-OH is 1. The minimum atomic E-state index is -0.431. The van der Waals surface area contributed by atoms with Crippen LogP contribution in [0.5, 0.6) is 6.01 Å². The van der Waals surface area contributed by atoms with Crippen molar-refractivity contribution in [2.24, 2.45) is 0 Å². The first-order valence-electron chi connectivity index (χ1n) is 10.2. The van der Waals surface area contributed by atoms with Crippen LogP contribution in [0, 0.1) is 0 Å². The van der Waals surface area contributed by atoms with Gasteiger partial charge < -0.3 is 9.84 Å². The summed E-state index contributed by atoms with van der Waals surface area (Å²) in [4.78, 5) is 30.6. The Kier molecular flexibility index (Phi) is 7.33. The van der Waals surface area contributed by atoms with E-state index >= 15 is 0 Å². The molecule has 2 heterocycles. The summed E-state index contributed by atoms with van der Waals surface area (Å²) < 4.78 is 10.3. The monoisotopic (exact) mass is 434 g/mol. The third kappa shape index (κ3) is 4.44. The van der Waals surface area contributed by atoms with Crippen LogP contribution < -0.4 is 16.0 Å². The molecular weight excluding hydrogens is 408 g/mol. The van der Waals surface area contributed by atoms with Gasteiger partial charge in [-0.05, 0) is 37.5 Å². The lowest BCUT2D eigenvalue weighted by molar-refractivity contribution is 0.275. The maximum atomic E-state index is 13.3. The van der Waals surface area contributed by atoms with Gasteiger partial charge in [0.25, 0.3) is 11.6 Å². The minimum absolute atomic E-state index is 0.106. The number of benzene rings is 1. The smallest absolute Gasteiger partial charge is 0.332 e. The van der Waals surface area contributed by atoms with E-state index in [9.17, 15) is 14.7 Å². The predicted octanol–water partition coefficient (Wildman–Crippen LogP) is 2.64. The second kappa shape index (κ2) is 9.95. The summed E-state index contributed by atoms with van der Waals surface area (Å²) in [5.74, 6) is 0. The number of aromatic nitrogens is 4. The third-order valence-electron chi connectivity index (χ3n) is 4.92. The highest BCUT2D eigenvalue weighted by molar-refractivity contribution is 6.30. The standard InChI is InChI=1S/C21H27ClN4O4/c1-3-5-13-30-20-23-18-17(26(20)14-15-7-9-16(22)10-8-15)19(28)25(11-6-12-27)21(29)24(18)4-2/h7-10,27H,3-6,11-14H2,1-2H3. The van der Waals surface area contributed by atoms with Gasteiger partial charge in [-0.1, -0.05) is 37.1 Å². The maximum Gasteiger partial charge on any atom is 0.332 e. The molecule has 0 amide bonds. The van der Waals surface area contributed by atoms with Gasteiger partial charge in [0, 0.05) is 24.7 Å². The molecule has 0 fully saturated rings. The summed E-state index contributed by atoms with van der Waals surface area (Å²) in [5, 5.41) is 9.80. The molecular formula is C21H27ClN4O4. The Morgan fingerprint density at radius 1 is 1.07 bits per heavy atom. The second-order valence-corrected chi connectivity index (χ2v) is 7.48. The molecule has 9 heteroatoms. The number of fused-ring (bicyclic) bond motifs is 1. The molecule has 0 bridgehead atoms. The Morgan fingerprint density at radius 3 is 2.43 bits per heavy atom. The van der Waals surface area contributed by atoms with Crippen molar-refractivity contribution < 1.29 is 9.84 Å². The summed E-state index contributed by atoms with van der Waals surface area (Å²) in [5.41, 5.74) is 0.693. The molecule has 0 saturated heterocycles. The van der Waals surface area contributed by atoms with Crippen molar-refractivity contribution in [3.8, 4) is 6.01 Å². The van der Waals surface area contributed by atoms with Gasteiger partial charge in [-0.15, -0.1) is 0 Å². The van der Waals surface area contributed by atoms with Crippen molar-refractivity contribution in [1.29, 1.82) is 0 Å². The van der Waals surface area contributed by atoms with Gasteiger partial charge in [0.15, 0.2) is 11.2 Å². The maximum absolute atomic E-state index is 13.3. The number of aliphatic hydroxyl groups is 1. The molecule has 2 aromatic heterocycles. The first-order valence-corrected chi connectivity index (χ1v) is 10.6. The van der Waals surface area contributed by atoms with Gasteiger partial charge in [0.2, 0.25) is 0 Å². The summed E-state index contributed by atoms with van der Waals surface area (Å²) in [6.07, 6.45) is 2.13. The zero-order valence-corrected chi connectivity index (χ0v) is 18.1. The molecule has 0 radical (unpaired) electrons. The van der Waals surface area contributed by atoms with Gasteiger partial charge in [0.1, 0.15) is 0 Å². The highest BCUT2D eigenvalue weighted by Gasteiger charge is 2.22. The van der Waals surface area contributed by atoms with Crippen LogP contribution in [-0.2, 0) is 19.6 Å². The summed E-state index contributed by atoms with van der Waals surface area (Å²) >= 11 is 6.00. The normalized spacial score (nSPS) is 11.3. The number of hydrogen-bond donors (Lipinski definition) is 1. The van der Waals surface area contributed by atoms with E-state index in [1.165, 1.54) is 4.57 Å². The molecule has 0 atom stereocenters. The predicted molar refractivity (Wildman–Crippen MR) is 117 cm³/mol. The fourth-order valence-corrected chi connectivity index (χ4v) is 3.44. The van der Waals surface area contributed by atoms with E-state index in [2.05, 4.69) is 11.9 Å². The van der Waals surface area contributed by atoms with Gasteiger partial charge >= 0.3 is 5.69 Å². The lowest BCUT2D eigenvalue weighted by Gasteiger charge is -2.12. The zero-order chi connectivity index (χ0) is 21.7. The number of unbranched alkanes of at least 4 members (excludes halogenated alkanes) is 1. The van der Waals surface area contributed by atoms with Crippen LogP contribution in [0.4, 0.5) is 0 Å². The third-order valence-corrected chi connectivity index (χ3v) is 5.17. The zero-order valence-electron chi connectivity index (χ0n) is 17.3. The highest BCUT2D eigenvalue weighted by Crippen LogP contribution is 2.21.